The number of terminal acetylenes is 1. The Morgan fingerprint density at radius 2 is 1.38 bits per heavy atom. The van der Waals surface area contributed by atoms with Crippen molar-refractivity contribution in [1.29, 1.82) is 0 Å². The third kappa shape index (κ3) is 5.72. The number of aliphatic imine (C=N–C) groups is 1. The molecule has 0 unspecified atom stereocenters. The lowest BCUT2D eigenvalue weighted by atomic mass is 10.1. The quantitative estimate of drug-likeness (QED) is 0.294. The lowest BCUT2D eigenvalue weighted by Gasteiger charge is -2.36. The summed E-state index contributed by atoms with van der Waals surface area (Å²) in [6.07, 6.45) is 8.07. The second-order valence-electron chi connectivity index (χ2n) is 6.61. The molecule has 0 radical (unpaired) electrons. The molecule has 1 fully saturated rings. The van der Waals surface area contributed by atoms with Crippen LogP contribution in [0.2, 0.25) is 0 Å². The van der Waals surface area contributed by atoms with Gasteiger partial charge in [-0.1, -0.05) is 66.6 Å². The number of amides is 2. The number of rotatable bonds is 8. The molecule has 5 nitrogen and oxygen atoms in total. The first-order valence-corrected chi connectivity index (χ1v) is 10.2. The molecule has 1 aliphatic heterocycles. The average Bonchev–Trinajstić information content (AvgIpc) is 2.76. The summed E-state index contributed by atoms with van der Waals surface area (Å²) in [5, 5.41) is 0. The number of nitrogens with zero attached hydrogens (tertiary/aromatic N) is 3. The average molecular weight is 406 g/mol. The Kier molecular flexibility index (Phi) is 7.48. The first kappa shape index (κ1) is 20.7. The predicted octanol–water partition coefficient (Wildman–Crippen LogP) is 3.03. The first-order valence-electron chi connectivity index (χ1n) is 9.51. The van der Waals surface area contributed by atoms with Crippen molar-refractivity contribution in [3.63, 3.8) is 0 Å². The van der Waals surface area contributed by atoms with Crippen molar-refractivity contribution in [3.8, 4) is 12.3 Å². The molecule has 2 amide bonds. The highest BCUT2D eigenvalue weighted by molar-refractivity contribution is 7.95. The summed E-state index contributed by atoms with van der Waals surface area (Å²) in [5.41, 5.74) is 2.29. The molecule has 0 saturated carbocycles. The molecule has 0 aliphatic carbocycles. The SMILES string of the molecule is C#CCN=CC1C(=O)N(CCc2ccccc2)SN(CCc2ccccc2)C1=O. The largest absolute Gasteiger partial charge is 0.283 e. The van der Waals surface area contributed by atoms with E-state index in [-0.39, 0.29) is 18.4 Å². The van der Waals surface area contributed by atoms with Crippen LogP contribution >= 0.6 is 12.1 Å². The van der Waals surface area contributed by atoms with Gasteiger partial charge in [0, 0.05) is 19.3 Å². The maximum absolute atomic E-state index is 12.9. The van der Waals surface area contributed by atoms with E-state index in [1.54, 1.807) is 8.61 Å². The summed E-state index contributed by atoms with van der Waals surface area (Å²) in [6.45, 7) is 1.18. The number of carbonyl (C=O) groups excluding carboxylic acids is 2. The minimum absolute atomic E-state index is 0.151. The maximum atomic E-state index is 12.9. The highest BCUT2D eigenvalue weighted by atomic mass is 32.2. The van der Waals surface area contributed by atoms with E-state index in [1.807, 2.05) is 60.7 Å². The van der Waals surface area contributed by atoms with Crippen molar-refractivity contribution in [2.24, 2.45) is 10.9 Å². The minimum atomic E-state index is -0.920. The molecule has 2 aromatic carbocycles. The minimum Gasteiger partial charge on any atom is -0.283 e. The van der Waals surface area contributed by atoms with Crippen LogP contribution in [0.3, 0.4) is 0 Å². The van der Waals surface area contributed by atoms with Crippen molar-refractivity contribution in [2.45, 2.75) is 12.8 Å². The molecule has 148 valence electrons. The summed E-state index contributed by atoms with van der Waals surface area (Å²) in [7, 11) is 0. The molecule has 6 heteroatoms. The Hall–Kier alpha value is -3.04. The van der Waals surface area contributed by atoms with Gasteiger partial charge in [0.15, 0.2) is 5.92 Å². The van der Waals surface area contributed by atoms with Gasteiger partial charge in [0.25, 0.3) is 11.8 Å². The second-order valence-corrected chi connectivity index (χ2v) is 7.65. The zero-order chi connectivity index (χ0) is 20.5. The molecule has 0 bridgehead atoms. The van der Waals surface area contributed by atoms with Gasteiger partial charge in [-0.3, -0.25) is 23.2 Å². The first-order chi connectivity index (χ1) is 14.2. The molecular formula is C23H23N3O2S. The lowest BCUT2D eigenvalue weighted by molar-refractivity contribution is -0.140. The van der Waals surface area contributed by atoms with Crippen LogP contribution in [0.1, 0.15) is 11.1 Å². The molecule has 1 saturated heterocycles. The van der Waals surface area contributed by atoms with E-state index in [2.05, 4.69) is 10.9 Å². The monoisotopic (exact) mass is 405 g/mol. The molecule has 1 aliphatic rings. The number of hydrogen-bond acceptors (Lipinski definition) is 4. The molecule has 0 spiro atoms. The van der Waals surface area contributed by atoms with Gasteiger partial charge in [-0.15, -0.1) is 6.42 Å². The fraction of sp³-hybridized carbons (Fsp3) is 0.261. The topological polar surface area (TPSA) is 53.0 Å². The lowest BCUT2D eigenvalue weighted by Crippen LogP contribution is -2.50. The van der Waals surface area contributed by atoms with Gasteiger partial charge in [0.2, 0.25) is 0 Å². The van der Waals surface area contributed by atoms with Gasteiger partial charge in [0.05, 0.1) is 18.7 Å². The predicted molar refractivity (Wildman–Crippen MR) is 117 cm³/mol. The Morgan fingerprint density at radius 3 is 1.83 bits per heavy atom. The van der Waals surface area contributed by atoms with Crippen LogP contribution in [0.15, 0.2) is 65.7 Å². The van der Waals surface area contributed by atoms with Crippen molar-refractivity contribution >= 4 is 30.2 Å². The molecule has 2 aromatic rings. The standard InChI is InChI=1S/C23H23N3O2S/c1-2-15-24-18-21-22(27)25(16-13-19-9-5-3-6-10-19)29-26(23(21)28)17-14-20-11-7-4-8-12-20/h1,3-12,18,21H,13-17H2. The smallest absolute Gasteiger partial charge is 0.251 e. The second kappa shape index (κ2) is 10.5. The molecule has 29 heavy (non-hydrogen) atoms. The highest BCUT2D eigenvalue weighted by Crippen LogP contribution is 2.28. The van der Waals surface area contributed by atoms with Gasteiger partial charge >= 0.3 is 0 Å². The summed E-state index contributed by atoms with van der Waals surface area (Å²) in [4.78, 5) is 29.8. The van der Waals surface area contributed by atoms with E-state index < -0.39 is 5.92 Å². The Labute approximate surface area is 176 Å². The van der Waals surface area contributed by atoms with E-state index >= 15 is 0 Å². The van der Waals surface area contributed by atoms with Crippen molar-refractivity contribution in [1.82, 2.24) is 8.61 Å². The van der Waals surface area contributed by atoms with E-state index in [9.17, 15) is 9.59 Å². The van der Waals surface area contributed by atoms with Crippen molar-refractivity contribution in [2.75, 3.05) is 19.6 Å². The van der Waals surface area contributed by atoms with Gasteiger partial charge in [-0.05, 0) is 24.0 Å². The number of hydrogen-bond donors (Lipinski definition) is 0. The van der Waals surface area contributed by atoms with E-state index in [1.165, 1.54) is 18.3 Å². The Balaban J connectivity index is 1.71. The summed E-state index contributed by atoms with van der Waals surface area (Å²) < 4.78 is 3.32. The zero-order valence-electron chi connectivity index (χ0n) is 16.1. The summed E-state index contributed by atoms with van der Waals surface area (Å²) >= 11 is 1.19. The van der Waals surface area contributed by atoms with Crippen LogP contribution in [0.4, 0.5) is 0 Å². The third-order valence-corrected chi connectivity index (χ3v) is 5.67. The van der Waals surface area contributed by atoms with Crippen LogP contribution in [0, 0.1) is 18.3 Å². The summed E-state index contributed by atoms with van der Waals surface area (Å²) in [5.74, 6) is 0.994. The molecule has 0 aromatic heterocycles. The fourth-order valence-corrected chi connectivity index (χ4v) is 3.98. The van der Waals surface area contributed by atoms with Crippen molar-refractivity contribution < 1.29 is 9.59 Å². The normalized spacial score (nSPS) is 15.1. The Morgan fingerprint density at radius 1 is 0.897 bits per heavy atom. The number of benzene rings is 2. The van der Waals surface area contributed by atoms with Gasteiger partial charge in [-0.25, -0.2) is 0 Å². The van der Waals surface area contributed by atoms with Gasteiger partial charge in [-0.2, -0.15) is 0 Å². The zero-order valence-corrected chi connectivity index (χ0v) is 16.9. The van der Waals surface area contributed by atoms with Gasteiger partial charge in [0.1, 0.15) is 0 Å². The molecule has 0 N–H and O–H groups in total. The van der Waals surface area contributed by atoms with Crippen LogP contribution < -0.4 is 0 Å². The van der Waals surface area contributed by atoms with Crippen LogP contribution in [0.25, 0.3) is 0 Å². The van der Waals surface area contributed by atoms with E-state index in [4.69, 9.17) is 6.42 Å². The fourth-order valence-electron chi connectivity index (χ4n) is 3.01. The van der Waals surface area contributed by atoms with E-state index in [0.29, 0.717) is 25.9 Å². The molecule has 3 rings (SSSR count). The number of carbonyl (C=O) groups is 2. The van der Waals surface area contributed by atoms with Crippen LogP contribution in [-0.2, 0) is 22.4 Å². The third-order valence-electron chi connectivity index (χ3n) is 4.55. The van der Waals surface area contributed by atoms with E-state index in [0.717, 1.165) is 11.1 Å². The van der Waals surface area contributed by atoms with Crippen molar-refractivity contribution in [3.05, 3.63) is 71.8 Å². The maximum Gasteiger partial charge on any atom is 0.251 e. The molecule has 1 heterocycles. The van der Waals surface area contributed by atoms with Crippen LogP contribution in [-0.4, -0.2) is 46.3 Å². The Bertz CT molecular complexity index is 832. The van der Waals surface area contributed by atoms with Crippen LogP contribution in [0.5, 0.6) is 0 Å². The molecule has 0 atom stereocenters. The van der Waals surface area contributed by atoms with Gasteiger partial charge < -0.3 is 0 Å². The molecular weight excluding hydrogens is 382 g/mol. The highest BCUT2D eigenvalue weighted by Gasteiger charge is 2.40. The summed E-state index contributed by atoms with van der Waals surface area (Å²) in [6, 6.07) is 20.0.